The van der Waals surface area contributed by atoms with Crippen LogP contribution >= 0.6 is 0 Å². The second-order valence-electron chi connectivity index (χ2n) is 4.19. The van der Waals surface area contributed by atoms with Gasteiger partial charge < -0.3 is 14.0 Å². The summed E-state index contributed by atoms with van der Waals surface area (Å²) in [6.07, 6.45) is 1.75. The lowest BCUT2D eigenvalue weighted by atomic mass is 10.2. The molecule has 1 aromatic heterocycles. The Hall–Kier alpha value is -2.30. The first kappa shape index (κ1) is 13.1. The van der Waals surface area contributed by atoms with Gasteiger partial charge in [-0.15, -0.1) is 0 Å². The van der Waals surface area contributed by atoms with E-state index in [0.717, 1.165) is 16.5 Å². The highest BCUT2D eigenvalue weighted by Gasteiger charge is 2.31. The molecule has 2 aromatic rings. The quantitative estimate of drug-likeness (QED) is 0.625. The number of aromatic nitrogens is 1. The topological polar surface area (TPSA) is 57.5 Å². The molecule has 0 aliphatic heterocycles. The Morgan fingerprint density at radius 1 is 1.11 bits per heavy atom. The van der Waals surface area contributed by atoms with Crippen LogP contribution in [0.5, 0.6) is 0 Å². The predicted octanol–water partition coefficient (Wildman–Crippen LogP) is 1.84. The molecule has 5 heteroatoms. The van der Waals surface area contributed by atoms with Crippen LogP contribution in [0.25, 0.3) is 10.9 Å². The summed E-state index contributed by atoms with van der Waals surface area (Å²) in [4.78, 5) is 23.6. The zero-order chi connectivity index (χ0) is 14.0. The molecule has 0 aliphatic carbocycles. The van der Waals surface area contributed by atoms with Crippen molar-refractivity contribution in [3.8, 4) is 0 Å². The first-order chi connectivity index (χ1) is 9.10. The van der Waals surface area contributed by atoms with Crippen molar-refractivity contribution < 1.29 is 19.1 Å². The summed E-state index contributed by atoms with van der Waals surface area (Å²) < 4.78 is 11.0. The second-order valence-corrected chi connectivity index (χ2v) is 4.19. The smallest absolute Gasteiger partial charge is 0.340 e. The van der Waals surface area contributed by atoms with Crippen molar-refractivity contribution in [2.45, 2.75) is 13.0 Å². The monoisotopic (exact) mass is 261 g/mol. The number of carbonyl (C=O) groups is 2. The highest BCUT2D eigenvalue weighted by molar-refractivity contribution is 5.99. The first-order valence-corrected chi connectivity index (χ1v) is 5.82. The van der Waals surface area contributed by atoms with Crippen molar-refractivity contribution in [2.75, 3.05) is 14.2 Å². The minimum Gasteiger partial charge on any atom is -0.467 e. The number of benzene rings is 1. The summed E-state index contributed by atoms with van der Waals surface area (Å²) in [6, 6.07) is 6.43. The molecule has 1 aromatic carbocycles. The van der Waals surface area contributed by atoms with Gasteiger partial charge in [0.2, 0.25) is 6.04 Å². The second kappa shape index (κ2) is 5.14. The molecule has 100 valence electrons. The van der Waals surface area contributed by atoms with Crippen LogP contribution in [0.2, 0.25) is 0 Å². The van der Waals surface area contributed by atoms with E-state index in [-0.39, 0.29) is 0 Å². The number of hydrogen-bond acceptors (Lipinski definition) is 4. The molecule has 2 rings (SSSR count). The van der Waals surface area contributed by atoms with Crippen molar-refractivity contribution in [3.05, 3.63) is 36.0 Å². The molecule has 0 unspecified atom stereocenters. The fraction of sp³-hybridized carbons (Fsp3) is 0.286. The molecule has 0 N–H and O–H groups in total. The Kier molecular flexibility index (Phi) is 3.55. The van der Waals surface area contributed by atoms with Crippen molar-refractivity contribution in [2.24, 2.45) is 0 Å². The van der Waals surface area contributed by atoms with Gasteiger partial charge in [-0.05, 0) is 18.6 Å². The number of nitrogens with zero attached hydrogens (tertiary/aromatic N) is 1. The normalized spacial score (nSPS) is 10.7. The number of aryl methyl sites for hydroxylation is 1. The van der Waals surface area contributed by atoms with E-state index in [4.69, 9.17) is 0 Å². The third-order valence-electron chi connectivity index (χ3n) is 3.07. The van der Waals surface area contributed by atoms with Crippen LogP contribution in [0.4, 0.5) is 0 Å². The lowest BCUT2D eigenvalue weighted by Crippen LogP contribution is -2.29. The number of esters is 2. The maximum atomic E-state index is 11.8. The summed E-state index contributed by atoms with van der Waals surface area (Å²) in [5.74, 6) is -1.29. The fourth-order valence-corrected chi connectivity index (χ4v) is 2.14. The third kappa shape index (κ3) is 2.19. The third-order valence-corrected chi connectivity index (χ3v) is 3.07. The van der Waals surface area contributed by atoms with E-state index < -0.39 is 18.0 Å². The summed E-state index contributed by atoms with van der Waals surface area (Å²) in [7, 11) is 2.49. The number of methoxy groups -OCH3 is 2. The van der Waals surface area contributed by atoms with Crippen molar-refractivity contribution in [1.29, 1.82) is 0 Å². The highest BCUT2D eigenvalue weighted by Crippen LogP contribution is 2.25. The average molecular weight is 261 g/mol. The van der Waals surface area contributed by atoms with E-state index >= 15 is 0 Å². The Morgan fingerprint density at radius 2 is 1.68 bits per heavy atom. The minimum absolute atomic E-state index is 0.646. The molecule has 0 saturated heterocycles. The molecular formula is C14H15NO4. The zero-order valence-electron chi connectivity index (χ0n) is 11.0. The van der Waals surface area contributed by atoms with Gasteiger partial charge in [-0.25, -0.2) is 9.59 Å². The highest BCUT2D eigenvalue weighted by atomic mass is 16.5. The summed E-state index contributed by atoms with van der Waals surface area (Å²) in [6.45, 7) is 1.92. The zero-order valence-corrected chi connectivity index (χ0v) is 11.0. The Morgan fingerprint density at radius 3 is 2.26 bits per heavy atom. The Labute approximate surface area is 110 Å². The van der Waals surface area contributed by atoms with Crippen LogP contribution in [0.15, 0.2) is 30.5 Å². The minimum atomic E-state index is -1.12. The largest absolute Gasteiger partial charge is 0.467 e. The van der Waals surface area contributed by atoms with E-state index in [0.29, 0.717) is 0 Å². The van der Waals surface area contributed by atoms with E-state index in [1.807, 2.05) is 31.2 Å². The maximum Gasteiger partial charge on any atom is 0.340 e. The first-order valence-electron chi connectivity index (χ1n) is 5.82. The van der Waals surface area contributed by atoms with Crippen LogP contribution in [-0.4, -0.2) is 30.7 Å². The van der Waals surface area contributed by atoms with Gasteiger partial charge in [0, 0.05) is 17.1 Å². The Bertz CT molecular complexity index is 613. The molecule has 0 spiro atoms. The van der Waals surface area contributed by atoms with Crippen LogP contribution in [-0.2, 0) is 19.1 Å². The molecule has 0 amide bonds. The van der Waals surface area contributed by atoms with Gasteiger partial charge in [0.05, 0.1) is 14.2 Å². The number of fused-ring (bicyclic) bond motifs is 1. The molecule has 5 nitrogen and oxygen atoms in total. The van der Waals surface area contributed by atoms with Gasteiger partial charge in [0.25, 0.3) is 0 Å². The molecule has 1 heterocycles. The summed E-state index contributed by atoms with van der Waals surface area (Å²) in [5.41, 5.74) is 1.77. The SMILES string of the molecule is COC(=O)C(C(=O)OC)n1cc(C)c2ccccc21. The van der Waals surface area contributed by atoms with E-state index in [1.54, 1.807) is 10.8 Å². The number of ether oxygens (including phenoxy) is 2. The predicted molar refractivity (Wildman–Crippen MR) is 69.7 cm³/mol. The van der Waals surface area contributed by atoms with Gasteiger partial charge in [-0.1, -0.05) is 18.2 Å². The number of para-hydroxylation sites is 1. The van der Waals surface area contributed by atoms with Gasteiger partial charge in [0.1, 0.15) is 0 Å². The summed E-state index contributed by atoms with van der Waals surface area (Å²) in [5, 5.41) is 0.986. The van der Waals surface area contributed by atoms with Gasteiger partial charge in [0.15, 0.2) is 0 Å². The number of hydrogen-bond donors (Lipinski definition) is 0. The Balaban J connectivity index is 2.62. The standard InChI is InChI=1S/C14H15NO4/c1-9-8-15(11-7-5-4-6-10(9)11)12(13(16)18-2)14(17)19-3/h4-8,12H,1-3H3. The van der Waals surface area contributed by atoms with Crippen LogP contribution in [0.1, 0.15) is 11.6 Å². The molecule has 0 radical (unpaired) electrons. The molecule has 0 aliphatic rings. The average Bonchev–Trinajstić information content (AvgIpc) is 2.76. The van der Waals surface area contributed by atoms with Gasteiger partial charge in [-0.3, -0.25) is 0 Å². The van der Waals surface area contributed by atoms with Crippen molar-refractivity contribution >= 4 is 22.8 Å². The lowest BCUT2D eigenvalue weighted by molar-refractivity contribution is -0.157. The van der Waals surface area contributed by atoms with Crippen LogP contribution in [0.3, 0.4) is 0 Å². The fourth-order valence-electron chi connectivity index (χ4n) is 2.14. The van der Waals surface area contributed by atoms with Crippen LogP contribution in [0, 0.1) is 6.92 Å². The molecule has 0 atom stereocenters. The molecule has 0 bridgehead atoms. The molecule has 0 saturated carbocycles. The van der Waals surface area contributed by atoms with E-state index in [9.17, 15) is 9.59 Å². The summed E-state index contributed by atoms with van der Waals surface area (Å²) >= 11 is 0. The number of rotatable bonds is 3. The van der Waals surface area contributed by atoms with E-state index in [2.05, 4.69) is 9.47 Å². The van der Waals surface area contributed by atoms with Crippen LogP contribution < -0.4 is 0 Å². The lowest BCUT2D eigenvalue weighted by Gasteiger charge is -2.15. The van der Waals surface area contributed by atoms with E-state index in [1.165, 1.54) is 14.2 Å². The van der Waals surface area contributed by atoms with Crippen molar-refractivity contribution in [1.82, 2.24) is 4.57 Å². The van der Waals surface area contributed by atoms with Crippen molar-refractivity contribution in [3.63, 3.8) is 0 Å². The molecule has 0 fully saturated rings. The number of carbonyl (C=O) groups excluding carboxylic acids is 2. The van der Waals surface area contributed by atoms with Gasteiger partial charge in [-0.2, -0.15) is 0 Å². The molecular weight excluding hydrogens is 246 g/mol. The molecule has 19 heavy (non-hydrogen) atoms. The maximum absolute atomic E-state index is 11.8. The van der Waals surface area contributed by atoms with Gasteiger partial charge >= 0.3 is 11.9 Å².